The standard InChI is InChI=1S/C24H23N3O6S/c1-31-17-9-10-20(32-2)18(12-17)19-14-34-24(25-19)26-21(28)13-33-23(30)15-5-7-16(8-6-15)27-11-3-4-22(27)29/h5-10,12,14H,3-4,11,13H2,1-2H3,(H,25,26,28). The van der Waals surface area contributed by atoms with Gasteiger partial charge in [0, 0.05) is 29.6 Å². The zero-order valence-electron chi connectivity index (χ0n) is 18.7. The number of carbonyl (C=O) groups is 3. The molecular weight excluding hydrogens is 458 g/mol. The number of methoxy groups -OCH3 is 2. The molecule has 10 heteroatoms. The fourth-order valence-corrected chi connectivity index (χ4v) is 4.26. The molecule has 1 N–H and O–H groups in total. The molecule has 2 heterocycles. The average molecular weight is 482 g/mol. The van der Waals surface area contributed by atoms with Gasteiger partial charge in [0.2, 0.25) is 5.91 Å². The highest BCUT2D eigenvalue weighted by molar-refractivity contribution is 7.14. The van der Waals surface area contributed by atoms with E-state index in [0.29, 0.717) is 40.9 Å². The summed E-state index contributed by atoms with van der Waals surface area (Å²) in [4.78, 5) is 42.5. The molecule has 1 aromatic heterocycles. The van der Waals surface area contributed by atoms with Gasteiger partial charge in [-0.15, -0.1) is 11.3 Å². The summed E-state index contributed by atoms with van der Waals surface area (Å²) < 4.78 is 15.8. The van der Waals surface area contributed by atoms with E-state index >= 15 is 0 Å². The minimum Gasteiger partial charge on any atom is -0.497 e. The van der Waals surface area contributed by atoms with Gasteiger partial charge in [0.1, 0.15) is 11.5 Å². The zero-order chi connectivity index (χ0) is 24.1. The molecule has 0 spiro atoms. The Bertz CT molecular complexity index is 1210. The Labute approximate surface area is 200 Å². The number of ether oxygens (including phenoxy) is 3. The number of anilines is 2. The lowest BCUT2D eigenvalue weighted by Crippen LogP contribution is -2.23. The van der Waals surface area contributed by atoms with Gasteiger partial charge >= 0.3 is 5.97 Å². The summed E-state index contributed by atoms with van der Waals surface area (Å²) in [6.07, 6.45) is 1.36. The van der Waals surface area contributed by atoms with Crippen LogP contribution in [0.3, 0.4) is 0 Å². The van der Waals surface area contributed by atoms with Gasteiger partial charge in [0.25, 0.3) is 5.91 Å². The van der Waals surface area contributed by atoms with Crippen LogP contribution in [0.5, 0.6) is 11.5 Å². The second-order valence-corrected chi connectivity index (χ2v) is 8.28. The number of nitrogens with one attached hydrogen (secondary N) is 1. The van der Waals surface area contributed by atoms with Gasteiger partial charge in [-0.05, 0) is 48.9 Å². The second-order valence-electron chi connectivity index (χ2n) is 7.42. The van der Waals surface area contributed by atoms with Crippen molar-refractivity contribution in [2.75, 3.05) is 37.6 Å². The van der Waals surface area contributed by atoms with Crippen molar-refractivity contribution in [1.29, 1.82) is 0 Å². The summed E-state index contributed by atoms with van der Waals surface area (Å²) in [6, 6.07) is 11.9. The van der Waals surface area contributed by atoms with Crippen LogP contribution >= 0.6 is 11.3 Å². The van der Waals surface area contributed by atoms with Gasteiger partial charge in [-0.2, -0.15) is 0 Å². The molecule has 0 saturated carbocycles. The lowest BCUT2D eigenvalue weighted by Gasteiger charge is -2.15. The topological polar surface area (TPSA) is 107 Å². The Morgan fingerprint density at radius 1 is 1.12 bits per heavy atom. The predicted molar refractivity (Wildman–Crippen MR) is 128 cm³/mol. The first-order chi connectivity index (χ1) is 16.5. The van der Waals surface area contributed by atoms with Crippen LogP contribution in [0, 0.1) is 0 Å². The molecule has 2 amide bonds. The molecule has 0 bridgehead atoms. The highest BCUT2D eigenvalue weighted by Gasteiger charge is 2.22. The summed E-state index contributed by atoms with van der Waals surface area (Å²) in [5.74, 6) is 0.211. The SMILES string of the molecule is COc1ccc(OC)c(-c2csc(NC(=O)COC(=O)c3ccc(N4CCCC4=O)cc3)n2)c1. The van der Waals surface area contributed by atoms with Crippen molar-refractivity contribution in [3.63, 3.8) is 0 Å². The number of hydrogen-bond donors (Lipinski definition) is 1. The molecule has 0 atom stereocenters. The van der Waals surface area contributed by atoms with Crippen molar-refractivity contribution in [2.24, 2.45) is 0 Å². The number of thiazole rings is 1. The highest BCUT2D eigenvalue weighted by Crippen LogP contribution is 2.35. The number of esters is 1. The molecule has 0 unspecified atom stereocenters. The number of aromatic nitrogens is 1. The van der Waals surface area contributed by atoms with E-state index in [0.717, 1.165) is 17.7 Å². The molecule has 0 aliphatic carbocycles. The van der Waals surface area contributed by atoms with E-state index in [9.17, 15) is 14.4 Å². The summed E-state index contributed by atoms with van der Waals surface area (Å²) in [5, 5.41) is 4.78. The van der Waals surface area contributed by atoms with Gasteiger partial charge in [-0.1, -0.05) is 0 Å². The van der Waals surface area contributed by atoms with E-state index in [-0.39, 0.29) is 5.91 Å². The smallest absolute Gasteiger partial charge is 0.338 e. The molecule has 3 aromatic rings. The first kappa shape index (κ1) is 23.2. The van der Waals surface area contributed by atoms with Crippen molar-refractivity contribution >= 4 is 39.9 Å². The van der Waals surface area contributed by atoms with Crippen LogP contribution < -0.4 is 19.7 Å². The Morgan fingerprint density at radius 3 is 2.59 bits per heavy atom. The summed E-state index contributed by atoms with van der Waals surface area (Å²) in [6.45, 7) is 0.217. The number of hydrogen-bond acceptors (Lipinski definition) is 8. The van der Waals surface area contributed by atoms with E-state index < -0.39 is 18.5 Å². The van der Waals surface area contributed by atoms with E-state index in [1.54, 1.807) is 67.0 Å². The molecular formula is C24H23N3O6S. The molecule has 34 heavy (non-hydrogen) atoms. The molecule has 1 aliphatic rings. The molecule has 1 fully saturated rings. The van der Waals surface area contributed by atoms with E-state index in [4.69, 9.17) is 14.2 Å². The van der Waals surface area contributed by atoms with Gasteiger partial charge in [0.05, 0.1) is 25.5 Å². The van der Waals surface area contributed by atoms with Gasteiger partial charge in [-0.25, -0.2) is 9.78 Å². The predicted octanol–water partition coefficient (Wildman–Crippen LogP) is 3.75. The molecule has 1 saturated heterocycles. The largest absolute Gasteiger partial charge is 0.497 e. The van der Waals surface area contributed by atoms with Crippen molar-refractivity contribution in [3.8, 4) is 22.8 Å². The van der Waals surface area contributed by atoms with Crippen molar-refractivity contribution in [1.82, 2.24) is 4.98 Å². The third kappa shape index (κ3) is 5.18. The molecule has 1 aliphatic heterocycles. The van der Waals surface area contributed by atoms with Crippen LogP contribution in [0.15, 0.2) is 47.8 Å². The molecule has 9 nitrogen and oxygen atoms in total. The van der Waals surface area contributed by atoms with Crippen molar-refractivity contribution < 1.29 is 28.6 Å². The number of rotatable bonds is 8. The fourth-order valence-electron chi connectivity index (χ4n) is 3.54. The molecule has 4 rings (SSSR count). The van der Waals surface area contributed by atoms with E-state index in [2.05, 4.69) is 10.3 Å². The fraction of sp³-hybridized carbons (Fsp3) is 0.250. The first-order valence-electron chi connectivity index (χ1n) is 10.5. The maximum atomic E-state index is 12.3. The van der Waals surface area contributed by atoms with E-state index in [1.165, 1.54) is 11.3 Å². The maximum absolute atomic E-state index is 12.3. The second kappa shape index (κ2) is 10.3. The minimum absolute atomic E-state index is 0.0715. The summed E-state index contributed by atoms with van der Waals surface area (Å²) >= 11 is 1.24. The number of carbonyl (C=O) groups excluding carboxylic acids is 3. The molecule has 0 radical (unpaired) electrons. The highest BCUT2D eigenvalue weighted by atomic mass is 32.1. The summed E-state index contributed by atoms with van der Waals surface area (Å²) in [7, 11) is 3.14. The lowest BCUT2D eigenvalue weighted by molar-refractivity contribution is -0.119. The Balaban J connectivity index is 1.33. The summed E-state index contributed by atoms with van der Waals surface area (Å²) in [5.41, 5.74) is 2.38. The third-order valence-corrected chi connectivity index (χ3v) is 6.01. The minimum atomic E-state index is -0.629. The monoisotopic (exact) mass is 481 g/mol. The number of amides is 2. The average Bonchev–Trinajstić information content (AvgIpc) is 3.51. The Morgan fingerprint density at radius 2 is 1.91 bits per heavy atom. The van der Waals surface area contributed by atoms with E-state index in [1.807, 2.05) is 0 Å². The Kier molecular flexibility index (Phi) is 7.07. The zero-order valence-corrected chi connectivity index (χ0v) is 19.5. The van der Waals surface area contributed by atoms with Crippen molar-refractivity contribution in [3.05, 3.63) is 53.4 Å². The van der Waals surface area contributed by atoms with Crippen LogP contribution in [0.25, 0.3) is 11.3 Å². The normalized spacial score (nSPS) is 13.0. The molecule has 176 valence electrons. The maximum Gasteiger partial charge on any atom is 0.338 e. The van der Waals surface area contributed by atoms with Crippen LogP contribution in [0.4, 0.5) is 10.8 Å². The van der Waals surface area contributed by atoms with Gasteiger partial charge < -0.3 is 19.1 Å². The van der Waals surface area contributed by atoms with Crippen LogP contribution in [0.2, 0.25) is 0 Å². The lowest BCUT2D eigenvalue weighted by atomic mass is 10.1. The quantitative estimate of drug-likeness (QED) is 0.488. The Hall–Kier alpha value is -3.92. The number of benzene rings is 2. The third-order valence-electron chi connectivity index (χ3n) is 5.26. The number of nitrogens with zero attached hydrogens (tertiary/aromatic N) is 2. The van der Waals surface area contributed by atoms with Crippen LogP contribution in [-0.2, 0) is 14.3 Å². The van der Waals surface area contributed by atoms with Gasteiger partial charge in [-0.3, -0.25) is 14.9 Å². The first-order valence-corrected chi connectivity index (χ1v) is 11.4. The van der Waals surface area contributed by atoms with Gasteiger partial charge in [0.15, 0.2) is 11.7 Å². The van der Waals surface area contributed by atoms with Crippen LogP contribution in [-0.4, -0.2) is 50.1 Å². The van der Waals surface area contributed by atoms with Crippen LogP contribution in [0.1, 0.15) is 23.2 Å². The van der Waals surface area contributed by atoms with Crippen molar-refractivity contribution in [2.45, 2.75) is 12.8 Å². The molecule has 2 aromatic carbocycles.